The van der Waals surface area contributed by atoms with Crippen molar-refractivity contribution in [3.05, 3.63) is 108 Å². The number of benzene rings is 2. The first-order valence-electron chi connectivity index (χ1n) is 10.1. The van der Waals surface area contributed by atoms with Gasteiger partial charge >= 0.3 is 0 Å². The Morgan fingerprint density at radius 1 is 0.848 bits per heavy atom. The van der Waals surface area contributed by atoms with Gasteiger partial charge in [-0.1, -0.05) is 12.1 Å². The summed E-state index contributed by atoms with van der Waals surface area (Å²) in [6.07, 6.45) is 3.22. The molecule has 0 bridgehead atoms. The summed E-state index contributed by atoms with van der Waals surface area (Å²) in [6, 6.07) is 18.2. The first-order chi connectivity index (χ1) is 15.9. The fraction of sp³-hybridized carbons (Fsp3) is 0.125. The molecule has 0 atom stereocenters. The Kier molecular flexibility index (Phi) is 6.60. The van der Waals surface area contributed by atoms with Gasteiger partial charge < -0.3 is 13.7 Å². The summed E-state index contributed by atoms with van der Waals surface area (Å²) < 4.78 is 51.2. The molecule has 0 aliphatic heterocycles. The number of hydrogen-bond donors (Lipinski definition) is 1. The van der Waals surface area contributed by atoms with Crippen molar-refractivity contribution in [2.24, 2.45) is 0 Å². The van der Waals surface area contributed by atoms with E-state index in [4.69, 9.17) is 8.83 Å². The average molecular weight is 469 g/mol. The van der Waals surface area contributed by atoms with E-state index in [1.54, 1.807) is 66.0 Å². The molecule has 0 fully saturated rings. The first-order valence-corrected chi connectivity index (χ1v) is 11.6. The third kappa shape index (κ3) is 5.89. The van der Waals surface area contributed by atoms with Crippen molar-refractivity contribution in [2.75, 3.05) is 4.72 Å². The minimum atomic E-state index is -3.85. The summed E-state index contributed by atoms with van der Waals surface area (Å²) in [5.41, 5.74) is 1.05. The zero-order valence-electron chi connectivity index (χ0n) is 17.5. The molecule has 0 aliphatic carbocycles. The minimum absolute atomic E-state index is 0.0466. The number of carbonyl (C=O) groups is 1. The maximum atomic E-state index is 13.1. The van der Waals surface area contributed by atoms with Crippen LogP contribution in [-0.2, 0) is 34.3 Å². The van der Waals surface area contributed by atoms with Crippen molar-refractivity contribution in [3.8, 4) is 0 Å². The normalized spacial score (nSPS) is 11.3. The van der Waals surface area contributed by atoms with E-state index < -0.39 is 15.8 Å². The van der Waals surface area contributed by atoms with Crippen LogP contribution in [0.15, 0.2) is 99.1 Å². The van der Waals surface area contributed by atoms with Crippen molar-refractivity contribution in [2.45, 2.75) is 24.4 Å². The van der Waals surface area contributed by atoms with Gasteiger partial charge in [-0.05, 0) is 66.2 Å². The van der Waals surface area contributed by atoms with Crippen LogP contribution in [0, 0.1) is 5.82 Å². The highest BCUT2D eigenvalue weighted by molar-refractivity contribution is 7.92. The van der Waals surface area contributed by atoms with Gasteiger partial charge in [0.15, 0.2) is 0 Å². The lowest BCUT2D eigenvalue weighted by Gasteiger charge is -2.21. The monoisotopic (exact) mass is 468 g/mol. The molecular weight excluding hydrogens is 447 g/mol. The summed E-state index contributed by atoms with van der Waals surface area (Å²) in [5.74, 6) is 0.652. The van der Waals surface area contributed by atoms with Crippen LogP contribution in [0.5, 0.6) is 0 Å². The van der Waals surface area contributed by atoms with Crippen LogP contribution >= 0.6 is 0 Å². The molecule has 4 rings (SSSR count). The van der Waals surface area contributed by atoms with E-state index in [1.165, 1.54) is 12.1 Å². The Bertz CT molecular complexity index is 1250. The van der Waals surface area contributed by atoms with Gasteiger partial charge in [0.05, 0.1) is 36.9 Å². The predicted octanol–water partition coefficient (Wildman–Crippen LogP) is 4.58. The van der Waals surface area contributed by atoms with Crippen LogP contribution in [0.4, 0.5) is 10.1 Å². The van der Waals surface area contributed by atoms with E-state index in [0.29, 0.717) is 35.9 Å². The van der Waals surface area contributed by atoms with Crippen molar-refractivity contribution < 1.29 is 26.4 Å². The topological polar surface area (TPSA) is 92.8 Å². The van der Waals surface area contributed by atoms with E-state index in [0.717, 1.165) is 12.1 Å². The number of amides is 1. The molecule has 7 nitrogen and oxygen atoms in total. The second kappa shape index (κ2) is 9.74. The number of furan rings is 2. The number of halogens is 1. The SMILES string of the molecule is O=C(Cc1ccc(NS(=O)(=O)c2ccc(F)cc2)cc1)N(Cc1ccco1)Cc1ccco1. The molecule has 2 heterocycles. The van der Waals surface area contributed by atoms with E-state index in [-0.39, 0.29) is 17.2 Å². The highest BCUT2D eigenvalue weighted by Crippen LogP contribution is 2.19. The molecule has 2 aromatic heterocycles. The third-order valence-electron chi connectivity index (χ3n) is 4.89. The van der Waals surface area contributed by atoms with Gasteiger partial charge in [0.2, 0.25) is 5.91 Å². The summed E-state index contributed by atoms with van der Waals surface area (Å²) in [6.45, 7) is 0.587. The average Bonchev–Trinajstić information content (AvgIpc) is 3.49. The Hall–Kier alpha value is -3.85. The maximum Gasteiger partial charge on any atom is 0.261 e. The van der Waals surface area contributed by atoms with Gasteiger partial charge in [-0.15, -0.1) is 0 Å². The molecule has 170 valence electrons. The molecule has 0 unspecified atom stereocenters. The van der Waals surface area contributed by atoms with Gasteiger partial charge in [0.25, 0.3) is 10.0 Å². The molecule has 9 heteroatoms. The van der Waals surface area contributed by atoms with Crippen LogP contribution in [0.3, 0.4) is 0 Å². The van der Waals surface area contributed by atoms with E-state index >= 15 is 0 Å². The second-order valence-corrected chi connectivity index (χ2v) is 9.02. The Labute approximate surface area is 190 Å². The molecule has 33 heavy (non-hydrogen) atoms. The van der Waals surface area contributed by atoms with E-state index in [9.17, 15) is 17.6 Å². The lowest BCUT2D eigenvalue weighted by Crippen LogP contribution is -2.31. The number of nitrogens with zero attached hydrogens (tertiary/aromatic N) is 1. The molecule has 0 radical (unpaired) electrons. The molecular formula is C24H21FN2O5S. The quantitative estimate of drug-likeness (QED) is 0.388. The van der Waals surface area contributed by atoms with Crippen molar-refractivity contribution >= 4 is 21.6 Å². The highest BCUT2D eigenvalue weighted by atomic mass is 32.2. The molecule has 4 aromatic rings. The number of hydrogen-bond acceptors (Lipinski definition) is 5. The fourth-order valence-electron chi connectivity index (χ4n) is 3.22. The lowest BCUT2D eigenvalue weighted by atomic mass is 10.1. The molecule has 0 saturated heterocycles. The molecule has 0 saturated carbocycles. The first kappa shape index (κ1) is 22.3. The predicted molar refractivity (Wildman–Crippen MR) is 119 cm³/mol. The summed E-state index contributed by atoms with van der Waals surface area (Å²) in [4.78, 5) is 14.6. The van der Waals surface area contributed by atoms with Crippen LogP contribution in [0.25, 0.3) is 0 Å². The van der Waals surface area contributed by atoms with Crippen molar-refractivity contribution in [1.82, 2.24) is 4.90 Å². The van der Waals surface area contributed by atoms with Gasteiger partial charge in [0.1, 0.15) is 17.3 Å². The maximum absolute atomic E-state index is 13.1. The van der Waals surface area contributed by atoms with E-state index in [2.05, 4.69) is 4.72 Å². The fourth-order valence-corrected chi connectivity index (χ4v) is 4.28. The van der Waals surface area contributed by atoms with Gasteiger partial charge in [0, 0.05) is 5.69 Å². The van der Waals surface area contributed by atoms with E-state index in [1.807, 2.05) is 0 Å². The number of sulfonamides is 1. The summed E-state index contributed by atoms with van der Waals surface area (Å²) >= 11 is 0. The Morgan fingerprint density at radius 3 is 1.94 bits per heavy atom. The van der Waals surface area contributed by atoms with Gasteiger partial charge in [-0.2, -0.15) is 0 Å². The number of nitrogens with one attached hydrogen (secondary N) is 1. The minimum Gasteiger partial charge on any atom is -0.467 e. The van der Waals surface area contributed by atoms with Crippen molar-refractivity contribution in [3.63, 3.8) is 0 Å². The number of anilines is 1. The summed E-state index contributed by atoms with van der Waals surface area (Å²) in [7, 11) is -3.85. The van der Waals surface area contributed by atoms with Gasteiger partial charge in [-0.3, -0.25) is 9.52 Å². The largest absolute Gasteiger partial charge is 0.467 e. The second-order valence-electron chi connectivity index (χ2n) is 7.34. The third-order valence-corrected chi connectivity index (χ3v) is 6.29. The smallest absolute Gasteiger partial charge is 0.261 e. The molecule has 1 amide bonds. The highest BCUT2D eigenvalue weighted by Gasteiger charge is 2.18. The zero-order valence-corrected chi connectivity index (χ0v) is 18.3. The van der Waals surface area contributed by atoms with Crippen molar-refractivity contribution in [1.29, 1.82) is 0 Å². The van der Waals surface area contributed by atoms with Crippen LogP contribution in [0.1, 0.15) is 17.1 Å². The van der Waals surface area contributed by atoms with Crippen LogP contribution in [-0.4, -0.2) is 19.2 Å². The van der Waals surface area contributed by atoms with Gasteiger partial charge in [-0.25, -0.2) is 12.8 Å². The number of carbonyl (C=O) groups excluding carboxylic acids is 1. The Balaban J connectivity index is 1.43. The molecule has 0 aliphatic rings. The Morgan fingerprint density at radius 2 is 1.42 bits per heavy atom. The molecule has 0 spiro atoms. The zero-order chi connectivity index (χ0) is 23.3. The van der Waals surface area contributed by atoms with Crippen LogP contribution < -0.4 is 4.72 Å². The standard InChI is InChI=1S/C24H21FN2O5S/c25-19-7-11-23(12-8-19)33(29,30)26-20-9-5-18(6-10-20)15-24(28)27(16-21-3-1-13-31-21)17-22-4-2-14-32-22/h1-14,26H,15-17H2. The number of rotatable bonds is 9. The molecule has 2 aromatic carbocycles. The molecule has 1 N–H and O–H groups in total. The van der Waals surface area contributed by atoms with Crippen LogP contribution in [0.2, 0.25) is 0 Å². The lowest BCUT2D eigenvalue weighted by molar-refractivity contribution is -0.132. The summed E-state index contributed by atoms with van der Waals surface area (Å²) in [5, 5.41) is 0.